The number of aliphatic hydroxyl groups is 4. The van der Waals surface area contributed by atoms with Crippen LogP contribution in [0.3, 0.4) is 0 Å². The van der Waals surface area contributed by atoms with Gasteiger partial charge in [0.05, 0.1) is 60.4 Å². The van der Waals surface area contributed by atoms with Gasteiger partial charge in [0.1, 0.15) is 55.2 Å². The quantitative estimate of drug-likeness (QED) is 0.0586. The maximum absolute atomic E-state index is 15.5. The lowest BCUT2D eigenvalue weighted by molar-refractivity contribution is -0.241. The van der Waals surface area contributed by atoms with Gasteiger partial charge in [-0.05, 0) is 87.4 Å². The molecule has 4 aromatic rings. The largest absolute Gasteiger partial charge is 0.460 e. The number of ether oxygens (including phenoxy) is 5. The second-order valence-corrected chi connectivity index (χ2v) is 18.8. The van der Waals surface area contributed by atoms with Crippen molar-refractivity contribution in [3.8, 4) is 17.1 Å². The molecule has 8 rings (SSSR count). The van der Waals surface area contributed by atoms with Crippen molar-refractivity contribution in [2.75, 3.05) is 31.6 Å². The lowest BCUT2D eigenvalue weighted by Gasteiger charge is -2.35. The Balaban J connectivity index is 0.981. The molecule has 0 spiro atoms. The first kappa shape index (κ1) is 51.1. The van der Waals surface area contributed by atoms with Crippen molar-refractivity contribution in [3.63, 3.8) is 0 Å². The van der Waals surface area contributed by atoms with Gasteiger partial charge in [-0.25, -0.2) is 23.8 Å². The molecule has 3 aliphatic heterocycles. The summed E-state index contributed by atoms with van der Waals surface area (Å²) in [6, 6.07) is 6.31. The summed E-state index contributed by atoms with van der Waals surface area (Å²) in [5.41, 5.74) is 0.257. The normalized spacial score (nSPS) is 21.8. The van der Waals surface area contributed by atoms with Crippen molar-refractivity contribution in [1.29, 1.82) is 0 Å². The molecule has 0 bridgehead atoms. The van der Waals surface area contributed by atoms with Gasteiger partial charge in [0.25, 0.3) is 5.56 Å². The van der Waals surface area contributed by atoms with Crippen molar-refractivity contribution in [1.82, 2.24) is 30.8 Å². The van der Waals surface area contributed by atoms with E-state index in [1.54, 1.807) is 40.7 Å². The van der Waals surface area contributed by atoms with Gasteiger partial charge in [-0.3, -0.25) is 19.2 Å². The highest BCUT2D eigenvalue weighted by atomic mass is 19.1. The number of anilines is 1. The van der Waals surface area contributed by atoms with Crippen LogP contribution in [0.5, 0.6) is 5.75 Å². The molecule has 6 atom stereocenters. The number of esters is 1. The van der Waals surface area contributed by atoms with Crippen LogP contribution in [0.25, 0.3) is 22.3 Å². The zero-order valence-electron chi connectivity index (χ0n) is 39.8. The van der Waals surface area contributed by atoms with Crippen molar-refractivity contribution >= 4 is 52.5 Å². The van der Waals surface area contributed by atoms with Crippen molar-refractivity contribution in [2.24, 2.45) is 0 Å². The summed E-state index contributed by atoms with van der Waals surface area (Å²) in [6.07, 6.45) is -7.37. The fraction of sp³-hybridized carbons (Fsp3) is 0.458. The van der Waals surface area contributed by atoms with E-state index >= 15 is 4.39 Å². The molecule has 0 radical (unpaired) electrons. The topological polar surface area (TPSA) is 325 Å². The van der Waals surface area contributed by atoms with Crippen LogP contribution in [0.2, 0.25) is 0 Å². The van der Waals surface area contributed by atoms with Crippen LogP contribution in [0.15, 0.2) is 35.1 Å². The number of carbonyl (C=O) groups excluding carboxylic acids is 6. The SMILES string of the molecule is CC[C@@]1(O)C(=O)OCc2c1cc1n(c2=O)Cc2c-1nc1cc(F)c(C)c3c1c2[C@@H](NC(=O)OCc1ccc(O[C@@H]2OC[C@@H](O)[C@H](O)[C@H]2O)c(NC(=O)CNC(=O)CNC(=O)CNC(=O)OC(C)(C)C)c1)CC3. The standard InChI is InChI=1S/C48H54FN7O16/c1-6-48(67)26-12-31-39-24(17-56(31)42(63)25(26)19-69-44(48)64)38-28(9-8-23-21(2)27(49)13-30(54-39)37(23)38)55-46(66)70-18-22-7-10-33(71-43-41(62)40(61)32(57)20-68-43)29(11-22)53-36(60)16-51-34(58)14-50-35(59)15-52-45(65)72-47(3,4)5/h7,10-13,28,32,40-41,43,57,61-62,67H,6,8-9,14-20H2,1-5H3,(H,50,59)(H,51,58)(H,52,65)(H,53,60)(H,55,66)/t28-,32+,40-,41+,43-,48-/m0/s1. The molecule has 384 valence electrons. The summed E-state index contributed by atoms with van der Waals surface area (Å²) >= 11 is 0. The van der Waals surface area contributed by atoms with Crippen molar-refractivity contribution < 1.29 is 77.3 Å². The van der Waals surface area contributed by atoms with E-state index in [1.807, 2.05) is 0 Å². The number of nitrogens with zero attached hydrogens (tertiary/aromatic N) is 2. The fourth-order valence-electron chi connectivity index (χ4n) is 9.05. The van der Waals surface area contributed by atoms with Gasteiger partial charge in [-0.2, -0.15) is 0 Å². The summed E-state index contributed by atoms with van der Waals surface area (Å²) in [5, 5.41) is 55.1. The Morgan fingerprint density at radius 3 is 2.35 bits per heavy atom. The van der Waals surface area contributed by atoms with Gasteiger partial charge in [-0.15, -0.1) is 0 Å². The van der Waals surface area contributed by atoms with Gasteiger partial charge < -0.3 is 75.3 Å². The summed E-state index contributed by atoms with van der Waals surface area (Å²) < 4.78 is 44.1. The molecule has 9 N–H and O–H groups in total. The predicted octanol–water partition coefficient (Wildman–Crippen LogP) is 0.954. The lowest BCUT2D eigenvalue weighted by atomic mass is 9.81. The first-order valence-electron chi connectivity index (χ1n) is 23.1. The Bertz CT molecular complexity index is 2960. The number of amides is 5. The molecule has 5 heterocycles. The number of aliphatic hydroxyl groups excluding tert-OH is 3. The summed E-state index contributed by atoms with van der Waals surface area (Å²) in [5.74, 6) is -3.73. The minimum absolute atomic E-state index is 0.0113. The van der Waals surface area contributed by atoms with Crippen LogP contribution >= 0.6 is 0 Å². The molecular weight excluding hydrogens is 950 g/mol. The molecule has 1 fully saturated rings. The highest BCUT2D eigenvalue weighted by molar-refractivity contribution is 5.97. The number of halogens is 1. The molecule has 24 heteroatoms. The smallest absolute Gasteiger partial charge is 0.408 e. The van der Waals surface area contributed by atoms with E-state index in [1.165, 1.54) is 28.8 Å². The molecule has 0 saturated carbocycles. The van der Waals surface area contributed by atoms with Gasteiger partial charge in [0.2, 0.25) is 24.0 Å². The number of cyclic esters (lactones) is 1. The zero-order chi connectivity index (χ0) is 52.0. The van der Waals surface area contributed by atoms with Gasteiger partial charge in [0, 0.05) is 22.6 Å². The number of hydrogen-bond donors (Lipinski definition) is 9. The first-order valence-corrected chi connectivity index (χ1v) is 23.1. The van der Waals surface area contributed by atoms with E-state index in [-0.39, 0.29) is 54.3 Å². The molecule has 2 aromatic carbocycles. The summed E-state index contributed by atoms with van der Waals surface area (Å²) in [4.78, 5) is 95.1. The van der Waals surface area contributed by atoms with Gasteiger partial charge in [-0.1, -0.05) is 13.0 Å². The van der Waals surface area contributed by atoms with E-state index in [2.05, 4.69) is 26.6 Å². The molecule has 4 aliphatic rings. The number of hydrogen-bond acceptors (Lipinski definition) is 17. The highest BCUT2D eigenvalue weighted by Gasteiger charge is 2.46. The van der Waals surface area contributed by atoms with Gasteiger partial charge in [0.15, 0.2) is 5.60 Å². The third-order valence-corrected chi connectivity index (χ3v) is 12.7. The third kappa shape index (κ3) is 10.3. The van der Waals surface area contributed by atoms with Crippen LogP contribution in [-0.4, -0.2) is 122 Å². The second-order valence-electron chi connectivity index (χ2n) is 18.8. The van der Waals surface area contributed by atoms with Crippen LogP contribution in [-0.2, 0) is 69.9 Å². The molecule has 2 aromatic heterocycles. The fourth-order valence-corrected chi connectivity index (χ4v) is 9.05. The second kappa shape index (κ2) is 20.1. The Hall–Kier alpha value is -7.25. The van der Waals surface area contributed by atoms with E-state index in [9.17, 15) is 54.0 Å². The molecule has 0 unspecified atom stereocenters. The Morgan fingerprint density at radius 1 is 0.931 bits per heavy atom. The zero-order valence-corrected chi connectivity index (χ0v) is 39.8. The molecular formula is C48H54FN7O16. The number of aryl methyl sites for hydroxylation is 1. The number of benzene rings is 2. The van der Waals surface area contributed by atoms with E-state index < -0.39 is 115 Å². The highest BCUT2D eigenvalue weighted by Crippen LogP contribution is 2.46. The number of aromatic nitrogens is 2. The minimum Gasteiger partial charge on any atom is -0.460 e. The average Bonchev–Trinajstić information content (AvgIpc) is 3.70. The summed E-state index contributed by atoms with van der Waals surface area (Å²) in [6.45, 7) is 5.44. The Kier molecular flexibility index (Phi) is 14.3. The molecule has 1 aliphatic carbocycles. The molecule has 23 nitrogen and oxygen atoms in total. The van der Waals surface area contributed by atoms with Crippen LogP contribution in [0.1, 0.15) is 85.5 Å². The monoisotopic (exact) mass is 1000 g/mol. The van der Waals surface area contributed by atoms with Crippen LogP contribution in [0.4, 0.5) is 19.7 Å². The number of fused-ring (bicyclic) bond motifs is 5. The number of rotatable bonds is 13. The third-order valence-electron chi connectivity index (χ3n) is 12.7. The van der Waals surface area contributed by atoms with Crippen molar-refractivity contribution in [2.45, 2.75) is 115 Å². The number of alkyl carbamates (subject to hydrolysis) is 2. The van der Waals surface area contributed by atoms with E-state index in [4.69, 9.17) is 28.7 Å². The van der Waals surface area contributed by atoms with Gasteiger partial charge >= 0.3 is 18.2 Å². The first-order chi connectivity index (χ1) is 34.1. The number of pyridine rings is 2. The Labute approximate surface area is 409 Å². The molecule has 5 amide bonds. The Morgan fingerprint density at radius 2 is 1.64 bits per heavy atom. The minimum atomic E-state index is -2.08. The number of carbonyl (C=O) groups is 6. The van der Waals surface area contributed by atoms with E-state index in [0.717, 1.165) is 0 Å². The van der Waals surface area contributed by atoms with Crippen LogP contribution in [0, 0.1) is 12.7 Å². The van der Waals surface area contributed by atoms with E-state index in [0.29, 0.717) is 57.4 Å². The maximum atomic E-state index is 15.5. The average molecular weight is 1000 g/mol. The predicted molar refractivity (Wildman–Crippen MR) is 247 cm³/mol. The maximum Gasteiger partial charge on any atom is 0.408 e. The molecule has 72 heavy (non-hydrogen) atoms. The lowest BCUT2D eigenvalue weighted by Crippen LogP contribution is -2.54. The number of nitrogens with one attached hydrogen (secondary N) is 5. The molecule has 1 saturated heterocycles. The van der Waals surface area contributed by atoms with Crippen LogP contribution < -0.4 is 36.9 Å². The summed E-state index contributed by atoms with van der Waals surface area (Å²) in [7, 11) is 0. The van der Waals surface area contributed by atoms with Crippen molar-refractivity contribution in [3.05, 3.63) is 85.4 Å².